The van der Waals surface area contributed by atoms with E-state index in [1.54, 1.807) is 0 Å². The first-order valence-corrected chi connectivity index (χ1v) is 3.03. The minimum atomic E-state index is -1.23. The normalized spacial score (nSPS) is 22.2. The van der Waals surface area contributed by atoms with Crippen molar-refractivity contribution in [3.63, 3.8) is 0 Å². The molecule has 2 N–H and O–H groups in total. The van der Waals surface area contributed by atoms with E-state index in [-0.39, 0.29) is 6.42 Å². The van der Waals surface area contributed by atoms with E-state index in [0.717, 1.165) is 4.90 Å². The van der Waals surface area contributed by atoms with Crippen molar-refractivity contribution in [3.8, 4) is 0 Å². The molecule has 5 nitrogen and oxygen atoms in total. The van der Waals surface area contributed by atoms with Gasteiger partial charge >= 0.3 is 12.1 Å². The van der Waals surface area contributed by atoms with Crippen molar-refractivity contribution < 1.29 is 19.8 Å². The maximum atomic E-state index is 10.4. The molecule has 0 radical (unpaired) electrons. The number of aliphatic carboxylic acids is 1. The van der Waals surface area contributed by atoms with Crippen LogP contribution in [0.4, 0.5) is 4.79 Å². The lowest BCUT2D eigenvalue weighted by molar-refractivity contribution is -0.141. The van der Waals surface area contributed by atoms with Gasteiger partial charge < -0.3 is 10.2 Å². The van der Waals surface area contributed by atoms with E-state index in [9.17, 15) is 9.59 Å². The van der Waals surface area contributed by atoms with Crippen LogP contribution in [-0.2, 0) is 4.79 Å². The van der Waals surface area contributed by atoms with E-state index in [1.165, 1.54) is 12.3 Å². The summed E-state index contributed by atoms with van der Waals surface area (Å²) >= 11 is 0. The molecule has 1 amide bonds. The van der Waals surface area contributed by atoms with Crippen LogP contribution in [0.25, 0.3) is 0 Å². The molecule has 1 aliphatic rings. The molecule has 5 heteroatoms. The zero-order chi connectivity index (χ0) is 8.43. The van der Waals surface area contributed by atoms with Crippen molar-refractivity contribution >= 4 is 12.1 Å². The summed E-state index contributed by atoms with van der Waals surface area (Å²) < 4.78 is 0. The minimum absolute atomic E-state index is 0.252. The second-order valence-electron chi connectivity index (χ2n) is 2.16. The quantitative estimate of drug-likeness (QED) is 0.575. The van der Waals surface area contributed by atoms with Crippen LogP contribution in [0.3, 0.4) is 0 Å². The lowest BCUT2D eigenvalue weighted by atomic mass is 10.2. The fourth-order valence-corrected chi connectivity index (χ4v) is 0.938. The van der Waals surface area contributed by atoms with Gasteiger partial charge in [-0.15, -0.1) is 0 Å². The number of rotatable bonds is 1. The predicted molar refractivity (Wildman–Crippen MR) is 35.0 cm³/mol. The van der Waals surface area contributed by atoms with Gasteiger partial charge in [0.25, 0.3) is 0 Å². The number of carboxylic acid groups (broad SMARTS) is 2. The molecule has 0 saturated carbocycles. The highest BCUT2D eigenvalue weighted by atomic mass is 16.4. The SMILES string of the molecule is O=C(O)[C@@H]1CC=CN1C(=O)O. The molecule has 0 aromatic rings. The molecule has 1 aliphatic heterocycles. The molecule has 11 heavy (non-hydrogen) atoms. The molecule has 0 aromatic heterocycles. The van der Waals surface area contributed by atoms with Crippen LogP contribution in [-0.4, -0.2) is 33.2 Å². The van der Waals surface area contributed by atoms with Crippen LogP contribution in [0.5, 0.6) is 0 Å². The van der Waals surface area contributed by atoms with E-state index in [4.69, 9.17) is 10.2 Å². The monoisotopic (exact) mass is 157 g/mol. The van der Waals surface area contributed by atoms with E-state index < -0.39 is 18.1 Å². The number of hydrogen-bond donors (Lipinski definition) is 2. The van der Waals surface area contributed by atoms with Crippen LogP contribution >= 0.6 is 0 Å². The van der Waals surface area contributed by atoms with Gasteiger partial charge in [-0.05, 0) is 6.42 Å². The Labute approximate surface area is 62.5 Å². The standard InChI is InChI=1S/C6H7NO4/c8-5(9)4-2-1-3-7(4)6(10)11/h1,3-4H,2H2,(H,8,9)(H,10,11)/t4-/m0/s1. The zero-order valence-corrected chi connectivity index (χ0v) is 5.60. The highest BCUT2D eigenvalue weighted by Crippen LogP contribution is 2.13. The summed E-state index contributed by atoms with van der Waals surface area (Å²) in [5.74, 6) is -1.11. The number of carboxylic acids is 1. The van der Waals surface area contributed by atoms with Crippen LogP contribution in [0, 0.1) is 0 Å². The van der Waals surface area contributed by atoms with E-state index in [1.807, 2.05) is 0 Å². The topological polar surface area (TPSA) is 77.8 Å². The average Bonchev–Trinajstić information content (AvgIpc) is 2.32. The molecule has 0 bridgehead atoms. The molecular weight excluding hydrogens is 150 g/mol. The average molecular weight is 157 g/mol. The van der Waals surface area contributed by atoms with Crippen molar-refractivity contribution in [2.24, 2.45) is 0 Å². The fourth-order valence-electron chi connectivity index (χ4n) is 0.938. The molecule has 1 heterocycles. The van der Waals surface area contributed by atoms with Gasteiger partial charge in [-0.3, -0.25) is 4.90 Å². The summed E-state index contributed by atoms with van der Waals surface area (Å²) in [6.07, 6.45) is 1.81. The molecule has 0 fully saturated rings. The molecule has 0 unspecified atom stereocenters. The van der Waals surface area contributed by atoms with Gasteiger partial charge in [-0.2, -0.15) is 0 Å². The molecule has 60 valence electrons. The van der Waals surface area contributed by atoms with Gasteiger partial charge in [0.05, 0.1) is 0 Å². The summed E-state index contributed by atoms with van der Waals surface area (Å²) in [6, 6.07) is -0.938. The zero-order valence-electron chi connectivity index (χ0n) is 5.60. The number of nitrogens with zero attached hydrogens (tertiary/aromatic N) is 1. The lowest BCUT2D eigenvalue weighted by Crippen LogP contribution is -2.37. The second kappa shape index (κ2) is 2.61. The van der Waals surface area contributed by atoms with E-state index >= 15 is 0 Å². The predicted octanol–water partition coefficient (Wildman–Crippen LogP) is 0.337. The molecule has 1 rings (SSSR count). The highest BCUT2D eigenvalue weighted by molar-refractivity contribution is 5.81. The first kappa shape index (κ1) is 7.59. The number of amides is 1. The largest absolute Gasteiger partial charge is 0.480 e. The maximum Gasteiger partial charge on any atom is 0.412 e. The van der Waals surface area contributed by atoms with E-state index in [2.05, 4.69) is 0 Å². The molecule has 0 aliphatic carbocycles. The summed E-state index contributed by atoms with van der Waals surface area (Å²) in [4.78, 5) is 21.5. The second-order valence-corrected chi connectivity index (χ2v) is 2.16. The molecule has 0 spiro atoms. The van der Waals surface area contributed by atoms with Gasteiger partial charge in [0.15, 0.2) is 0 Å². The van der Waals surface area contributed by atoms with Crippen LogP contribution in [0.15, 0.2) is 12.3 Å². The van der Waals surface area contributed by atoms with Crippen LogP contribution in [0.2, 0.25) is 0 Å². The minimum Gasteiger partial charge on any atom is -0.480 e. The molecule has 1 atom stereocenters. The third kappa shape index (κ3) is 1.31. The fraction of sp³-hybridized carbons (Fsp3) is 0.333. The first-order valence-electron chi connectivity index (χ1n) is 3.03. The van der Waals surface area contributed by atoms with Crippen molar-refractivity contribution in [2.75, 3.05) is 0 Å². The van der Waals surface area contributed by atoms with Crippen LogP contribution < -0.4 is 0 Å². The van der Waals surface area contributed by atoms with E-state index in [0.29, 0.717) is 0 Å². The Morgan fingerprint density at radius 1 is 1.45 bits per heavy atom. The Hall–Kier alpha value is -1.52. The number of carbonyl (C=O) groups is 2. The molecular formula is C6H7NO4. The highest BCUT2D eigenvalue weighted by Gasteiger charge is 2.30. The third-order valence-electron chi connectivity index (χ3n) is 1.47. The van der Waals surface area contributed by atoms with Gasteiger partial charge in [0.1, 0.15) is 6.04 Å². The lowest BCUT2D eigenvalue weighted by Gasteiger charge is -2.15. The third-order valence-corrected chi connectivity index (χ3v) is 1.47. The summed E-state index contributed by atoms with van der Waals surface area (Å²) in [5, 5.41) is 16.9. The Morgan fingerprint density at radius 2 is 2.09 bits per heavy atom. The van der Waals surface area contributed by atoms with Crippen molar-refractivity contribution in [2.45, 2.75) is 12.5 Å². The maximum absolute atomic E-state index is 10.4. The van der Waals surface area contributed by atoms with Crippen LogP contribution in [0.1, 0.15) is 6.42 Å². The van der Waals surface area contributed by atoms with Crippen molar-refractivity contribution in [3.05, 3.63) is 12.3 Å². The molecule has 0 aromatic carbocycles. The first-order chi connectivity index (χ1) is 5.13. The Morgan fingerprint density at radius 3 is 2.45 bits per heavy atom. The summed E-state index contributed by atoms with van der Waals surface area (Å²) in [7, 11) is 0. The summed E-state index contributed by atoms with van der Waals surface area (Å²) in [6.45, 7) is 0. The summed E-state index contributed by atoms with van der Waals surface area (Å²) in [5.41, 5.74) is 0. The van der Waals surface area contributed by atoms with Gasteiger partial charge in [0, 0.05) is 6.20 Å². The van der Waals surface area contributed by atoms with Gasteiger partial charge in [0.2, 0.25) is 0 Å². The van der Waals surface area contributed by atoms with Gasteiger partial charge in [-0.1, -0.05) is 6.08 Å². The molecule has 0 saturated heterocycles. The smallest absolute Gasteiger partial charge is 0.412 e. The number of hydrogen-bond acceptors (Lipinski definition) is 2. The Balaban J connectivity index is 2.71. The van der Waals surface area contributed by atoms with Crippen molar-refractivity contribution in [1.82, 2.24) is 4.90 Å². The van der Waals surface area contributed by atoms with Gasteiger partial charge in [-0.25, -0.2) is 9.59 Å². The Bertz CT molecular complexity index is 223. The Kier molecular flexibility index (Phi) is 1.80. The van der Waals surface area contributed by atoms with Crippen molar-refractivity contribution in [1.29, 1.82) is 0 Å².